The highest BCUT2D eigenvalue weighted by Crippen LogP contribution is 2.42. The Bertz CT molecular complexity index is 410. The van der Waals surface area contributed by atoms with E-state index in [1.54, 1.807) is 13.2 Å². The van der Waals surface area contributed by atoms with Crippen LogP contribution in [0.2, 0.25) is 0 Å². The Morgan fingerprint density at radius 1 is 1.45 bits per heavy atom. The molecular weight excluding hydrogens is 284 g/mol. The Morgan fingerprint density at radius 2 is 2.14 bits per heavy atom. The lowest BCUT2D eigenvalue weighted by molar-refractivity contribution is -0.309. The van der Waals surface area contributed by atoms with Gasteiger partial charge in [-0.15, -0.1) is 6.58 Å². The van der Waals surface area contributed by atoms with Gasteiger partial charge in [0.25, 0.3) is 0 Å². The highest BCUT2D eigenvalue weighted by atomic mass is 16.7. The summed E-state index contributed by atoms with van der Waals surface area (Å²) in [5.41, 5.74) is 0. The third-order valence-corrected chi connectivity index (χ3v) is 4.92. The molecular formula is C17H28O5. The van der Waals surface area contributed by atoms with Gasteiger partial charge in [-0.05, 0) is 12.3 Å². The zero-order chi connectivity index (χ0) is 16.3. The van der Waals surface area contributed by atoms with Crippen LogP contribution in [0.4, 0.5) is 0 Å². The third-order valence-electron chi connectivity index (χ3n) is 4.92. The fraction of sp³-hybridized carbons (Fsp3) is 0.824. The molecule has 0 spiro atoms. The molecule has 1 saturated heterocycles. The maximum absolute atomic E-state index is 12.2. The molecule has 126 valence electrons. The van der Waals surface area contributed by atoms with E-state index in [4.69, 9.17) is 14.2 Å². The van der Waals surface area contributed by atoms with Gasteiger partial charge in [-0.1, -0.05) is 19.9 Å². The Morgan fingerprint density at radius 3 is 2.68 bits per heavy atom. The fourth-order valence-electron chi connectivity index (χ4n) is 3.28. The van der Waals surface area contributed by atoms with Crippen LogP contribution in [0, 0.1) is 17.8 Å². The predicted molar refractivity (Wildman–Crippen MR) is 82.1 cm³/mol. The van der Waals surface area contributed by atoms with E-state index in [0.29, 0.717) is 25.2 Å². The molecule has 1 N–H and O–H groups in total. The van der Waals surface area contributed by atoms with Crippen molar-refractivity contribution in [2.24, 2.45) is 17.8 Å². The Labute approximate surface area is 132 Å². The number of Topliss-reactive ketones (excluding diaryl/α,β-unsaturated/α-hetero) is 1. The van der Waals surface area contributed by atoms with Crippen molar-refractivity contribution in [2.75, 3.05) is 13.9 Å². The minimum atomic E-state index is -1.33. The van der Waals surface area contributed by atoms with Crippen molar-refractivity contribution in [1.29, 1.82) is 0 Å². The van der Waals surface area contributed by atoms with Gasteiger partial charge < -0.3 is 19.3 Å². The van der Waals surface area contributed by atoms with E-state index in [9.17, 15) is 9.90 Å². The number of methoxy groups -OCH3 is 1. The molecule has 0 unspecified atom stereocenters. The zero-order valence-corrected chi connectivity index (χ0v) is 13.8. The Kier molecular flexibility index (Phi) is 5.77. The van der Waals surface area contributed by atoms with E-state index in [1.807, 2.05) is 6.92 Å². The van der Waals surface area contributed by atoms with Gasteiger partial charge in [0.15, 0.2) is 5.79 Å². The molecule has 5 nitrogen and oxygen atoms in total. The number of carbonyl (C=O) groups is 1. The first-order valence-electron chi connectivity index (χ1n) is 8.05. The van der Waals surface area contributed by atoms with Crippen LogP contribution in [0.5, 0.6) is 0 Å². The average molecular weight is 312 g/mol. The molecule has 1 heterocycles. The summed E-state index contributed by atoms with van der Waals surface area (Å²) in [5, 5.41) is 10.8. The van der Waals surface area contributed by atoms with Crippen molar-refractivity contribution < 1.29 is 24.1 Å². The van der Waals surface area contributed by atoms with Gasteiger partial charge in [0.1, 0.15) is 12.6 Å². The first-order valence-corrected chi connectivity index (χ1v) is 8.05. The smallest absolute Gasteiger partial charge is 0.174 e. The molecule has 0 bridgehead atoms. The van der Waals surface area contributed by atoms with E-state index in [-0.39, 0.29) is 36.6 Å². The number of hydrogen-bond donors (Lipinski definition) is 1. The molecule has 2 rings (SSSR count). The van der Waals surface area contributed by atoms with E-state index in [1.165, 1.54) is 0 Å². The third kappa shape index (κ3) is 3.96. The summed E-state index contributed by atoms with van der Waals surface area (Å²) in [4.78, 5) is 12.2. The molecule has 2 fully saturated rings. The second-order valence-electron chi connectivity index (χ2n) is 6.70. The van der Waals surface area contributed by atoms with Crippen LogP contribution in [0.15, 0.2) is 12.7 Å². The van der Waals surface area contributed by atoms with E-state index in [2.05, 4.69) is 13.5 Å². The largest absolute Gasteiger partial charge is 0.365 e. The summed E-state index contributed by atoms with van der Waals surface area (Å²) < 4.78 is 16.5. The van der Waals surface area contributed by atoms with Gasteiger partial charge in [0.05, 0.1) is 12.2 Å². The molecule has 2 aliphatic rings. The van der Waals surface area contributed by atoms with E-state index in [0.717, 1.165) is 6.42 Å². The number of ether oxygens (including phenoxy) is 3. The summed E-state index contributed by atoms with van der Waals surface area (Å²) >= 11 is 0. The maximum Gasteiger partial charge on any atom is 0.174 e. The maximum atomic E-state index is 12.2. The van der Waals surface area contributed by atoms with Crippen LogP contribution in [0.3, 0.4) is 0 Å². The van der Waals surface area contributed by atoms with Crippen molar-refractivity contribution >= 4 is 5.78 Å². The number of carbonyl (C=O) groups excluding carboxylic acids is 1. The predicted octanol–water partition coefficient (Wildman–Crippen LogP) is 2.28. The molecule has 0 aromatic rings. The molecule has 0 amide bonds. The normalized spacial score (nSPS) is 41.2. The van der Waals surface area contributed by atoms with Crippen molar-refractivity contribution in [3.63, 3.8) is 0 Å². The minimum absolute atomic E-state index is 0.166. The highest BCUT2D eigenvalue weighted by Gasteiger charge is 2.48. The summed E-state index contributed by atoms with van der Waals surface area (Å²) in [6, 6.07) is 0. The van der Waals surface area contributed by atoms with Gasteiger partial charge in [-0.3, -0.25) is 4.79 Å². The summed E-state index contributed by atoms with van der Waals surface area (Å²) in [6.45, 7) is 7.83. The van der Waals surface area contributed by atoms with Crippen molar-refractivity contribution in [3.8, 4) is 0 Å². The van der Waals surface area contributed by atoms with Crippen LogP contribution < -0.4 is 0 Å². The summed E-state index contributed by atoms with van der Waals surface area (Å²) in [5.74, 6) is -0.653. The zero-order valence-electron chi connectivity index (χ0n) is 13.8. The first kappa shape index (κ1) is 17.6. The number of rotatable bonds is 8. The molecule has 1 aliphatic heterocycles. The topological polar surface area (TPSA) is 65.0 Å². The van der Waals surface area contributed by atoms with Gasteiger partial charge >= 0.3 is 0 Å². The van der Waals surface area contributed by atoms with Gasteiger partial charge in [0, 0.05) is 38.2 Å². The van der Waals surface area contributed by atoms with Crippen LogP contribution in [0.25, 0.3) is 0 Å². The van der Waals surface area contributed by atoms with E-state index < -0.39 is 5.79 Å². The Balaban J connectivity index is 2.02. The van der Waals surface area contributed by atoms with Crippen molar-refractivity contribution in [3.05, 3.63) is 12.7 Å². The Hall–Kier alpha value is -0.750. The fourth-order valence-corrected chi connectivity index (χ4v) is 3.28. The van der Waals surface area contributed by atoms with Crippen LogP contribution in [0.1, 0.15) is 39.5 Å². The second kappa shape index (κ2) is 7.21. The standard InChI is InChI=1S/C17H28O5/c1-5-6-17(19)12(3)16(21-10-20-4)9-13(22-17)8-15(18)14-7-11(14)2/h5,11-14,16,19H,1,6-10H2,2-4H3/t11-,12-,13-,14-,16+,17+/m1/s1. The second-order valence-corrected chi connectivity index (χ2v) is 6.70. The van der Waals surface area contributed by atoms with E-state index >= 15 is 0 Å². The summed E-state index contributed by atoms with van der Waals surface area (Å²) in [6.07, 6.45) is 3.34. The monoisotopic (exact) mass is 312 g/mol. The number of hydrogen-bond acceptors (Lipinski definition) is 5. The molecule has 1 aliphatic carbocycles. The SMILES string of the molecule is C=CC[C@]1(O)O[C@H](CC(=O)[C@@H]2C[C@H]2C)C[C@H](OCOC)[C@H]1C. The molecule has 0 aromatic carbocycles. The minimum Gasteiger partial charge on any atom is -0.365 e. The molecule has 0 aromatic heterocycles. The van der Waals surface area contributed by atoms with Crippen molar-refractivity contribution in [2.45, 2.75) is 57.5 Å². The number of ketones is 1. The quantitative estimate of drug-likeness (QED) is 0.550. The molecule has 6 atom stereocenters. The van der Waals surface area contributed by atoms with Crippen LogP contribution >= 0.6 is 0 Å². The van der Waals surface area contributed by atoms with Crippen molar-refractivity contribution in [1.82, 2.24) is 0 Å². The molecule has 1 saturated carbocycles. The molecule has 0 radical (unpaired) electrons. The lowest BCUT2D eigenvalue weighted by Crippen LogP contribution is -2.54. The van der Waals surface area contributed by atoms with Gasteiger partial charge in [0.2, 0.25) is 0 Å². The highest BCUT2D eigenvalue weighted by molar-refractivity contribution is 5.84. The van der Waals surface area contributed by atoms with Gasteiger partial charge in [-0.25, -0.2) is 0 Å². The van der Waals surface area contributed by atoms with Crippen LogP contribution in [-0.4, -0.2) is 42.8 Å². The lowest BCUT2D eigenvalue weighted by Gasteiger charge is -2.45. The summed E-state index contributed by atoms with van der Waals surface area (Å²) in [7, 11) is 1.56. The molecule has 22 heavy (non-hydrogen) atoms. The lowest BCUT2D eigenvalue weighted by atomic mass is 9.84. The first-order chi connectivity index (χ1) is 10.4. The average Bonchev–Trinajstić information content (AvgIpc) is 3.18. The van der Waals surface area contributed by atoms with Crippen LogP contribution in [-0.2, 0) is 19.0 Å². The molecule has 5 heteroatoms. The number of aliphatic hydroxyl groups is 1. The van der Waals surface area contributed by atoms with Gasteiger partial charge in [-0.2, -0.15) is 0 Å².